The van der Waals surface area contributed by atoms with Gasteiger partial charge in [0, 0.05) is 6.54 Å². The van der Waals surface area contributed by atoms with E-state index in [4.69, 9.17) is 16.3 Å². The monoisotopic (exact) mass is 257 g/mol. The number of methoxy groups -OCH3 is 1. The molecule has 2 N–H and O–H groups in total. The zero-order chi connectivity index (χ0) is 13.0. The first-order valence-corrected chi connectivity index (χ1v) is 5.60. The first-order chi connectivity index (χ1) is 8.01. The van der Waals surface area contributed by atoms with Crippen molar-refractivity contribution in [2.45, 2.75) is 12.8 Å². The summed E-state index contributed by atoms with van der Waals surface area (Å²) < 4.78 is 5.09. The van der Waals surface area contributed by atoms with Gasteiger partial charge in [-0.1, -0.05) is 11.6 Å². The van der Waals surface area contributed by atoms with Gasteiger partial charge in [-0.25, -0.2) is 0 Å². The quantitative estimate of drug-likeness (QED) is 0.848. The van der Waals surface area contributed by atoms with Crippen LogP contribution in [-0.4, -0.2) is 31.8 Å². The summed E-state index contributed by atoms with van der Waals surface area (Å²) in [6.45, 7) is 2.21. The topological polar surface area (TPSA) is 58.6 Å². The number of carboxylic acids is 1. The number of rotatable bonds is 5. The Morgan fingerprint density at radius 3 is 2.71 bits per heavy atom. The molecule has 4 nitrogen and oxygen atoms in total. The lowest BCUT2D eigenvalue weighted by molar-refractivity contribution is -0.138. The molecule has 5 heteroatoms. The molecule has 1 aromatic rings. The molecule has 0 aliphatic heterocycles. The maximum Gasteiger partial charge on any atom is 0.312 e. The Morgan fingerprint density at radius 2 is 2.24 bits per heavy atom. The van der Waals surface area contributed by atoms with E-state index in [1.54, 1.807) is 19.2 Å². The van der Waals surface area contributed by atoms with Crippen LogP contribution in [0.25, 0.3) is 0 Å². The molecule has 0 aliphatic carbocycles. The highest BCUT2D eigenvalue weighted by molar-refractivity contribution is 6.32. The number of carboxylic acid groups (broad SMARTS) is 1. The smallest absolute Gasteiger partial charge is 0.312 e. The van der Waals surface area contributed by atoms with Crippen molar-refractivity contribution in [1.29, 1.82) is 0 Å². The number of halogens is 1. The van der Waals surface area contributed by atoms with Crippen LogP contribution in [0.5, 0.6) is 5.75 Å². The van der Waals surface area contributed by atoms with Gasteiger partial charge in [0.05, 0.1) is 18.1 Å². The largest absolute Gasteiger partial charge is 0.495 e. The molecule has 0 fully saturated rings. The van der Waals surface area contributed by atoms with E-state index in [-0.39, 0.29) is 0 Å². The number of carbonyl (C=O) groups is 1. The van der Waals surface area contributed by atoms with Crippen molar-refractivity contribution in [3.8, 4) is 5.75 Å². The third kappa shape index (κ3) is 3.11. The second kappa shape index (κ2) is 5.89. The Hall–Kier alpha value is -1.26. The van der Waals surface area contributed by atoms with Gasteiger partial charge < -0.3 is 15.2 Å². The number of ether oxygens (including phenoxy) is 1. The summed E-state index contributed by atoms with van der Waals surface area (Å²) in [6, 6.07) is 3.41. The Balaban J connectivity index is 3.20. The van der Waals surface area contributed by atoms with Gasteiger partial charge >= 0.3 is 5.97 Å². The summed E-state index contributed by atoms with van der Waals surface area (Å²) in [6.07, 6.45) is 0. The van der Waals surface area contributed by atoms with Gasteiger partial charge in [0.25, 0.3) is 0 Å². The summed E-state index contributed by atoms with van der Waals surface area (Å²) in [7, 11) is 3.25. The second-order valence-corrected chi connectivity index (χ2v) is 4.20. The van der Waals surface area contributed by atoms with Crippen LogP contribution in [-0.2, 0) is 4.79 Å². The van der Waals surface area contributed by atoms with Crippen LogP contribution < -0.4 is 10.1 Å². The zero-order valence-corrected chi connectivity index (χ0v) is 10.8. The van der Waals surface area contributed by atoms with Crippen LogP contribution in [0.3, 0.4) is 0 Å². The van der Waals surface area contributed by atoms with Crippen LogP contribution in [0.4, 0.5) is 0 Å². The van der Waals surface area contributed by atoms with Gasteiger partial charge in [-0.15, -0.1) is 0 Å². The van der Waals surface area contributed by atoms with Crippen molar-refractivity contribution in [3.63, 3.8) is 0 Å². The fourth-order valence-corrected chi connectivity index (χ4v) is 1.99. The van der Waals surface area contributed by atoms with Crippen molar-refractivity contribution < 1.29 is 14.6 Å². The fourth-order valence-electron chi connectivity index (χ4n) is 1.74. The fraction of sp³-hybridized carbons (Fsp3) is 0.417. The minimum Gasteiger partial charge on any atom is -0.495 e. The van der Waals surface area contributed by atoms with Gasteiger partial charge in [0.1, 0.15) is 5.75 Å². The van der Waals surface area contributed by atoms with Crippen LogP contribution in [0.1, 0.15) is 17.0 Å². The molecule has 1 rings (SSSR count). The Labute approximate surface area is 106 Å². The minimum absolute atomic E-state index is 0.360. The molecule has 0 spiro atoms. The number of aliphatic carboxylic acids is 1. The molecule has 0 heterocycles. The number of hydrogen-bond donors (Lipinski definition) is 2. The average Bonchev–Trinajstić information content (AvgIpc) is 2.28. The lowest BCUT2D eigenvalue weighted by atomic mass is 9.94. The Bertz CT molecular complexity index is 420. The number of benzene rings is 1. The lowest BCUT2D eigenvalue weighted by Crippen LogP contribution is -2.24. The van der Waals surface area contributed by atoms with Gasteiger partial charge in [-0.3, -0.25) is 4.79 Å². The molecule has 0 saturated carbocycles. The van der Waals surface area contributed by atoms with E-state index in [0.717, 1.165) is 5.56 Å². The predicted octanol–water partition coefficient (Wildman–Crippen LogP) is 2.04. The second-order valence-electron chi connectivity index (χ2n) is 3.79. The maximum absolute atomic E-state index is 11.2. The van der Waals surface area contributed by atoms with Crippen molar-refractivity contribution in [2.24, 2.45) is 0 Å². The van der Waals surface area contributed by atoms with Crippen LogP contribution in [0.15, 0.2) is 12.1 Å². The van der Waals surface area contributed by atoms with Crippen molar-refractivity contribution in [2.75, 3.05) is 20.7 Å². The van der Waals surface area contributed by atoms with Crippen LogP contribution in [0, 0.1) is 6.92 Å². The van der Waals surface area contributed by atoms with E-state index < -0.39 is 11.9 Å². The maximum atomic E-state index is 11.2. The van der Waals surface area contributed by atoms with Gasteiger partial charge in [-0.2, -0.15) is 0 Å². The van der Waals surface area contributed by atoms with E-state index >= 15 is 0 Å². The number of hydrogen-bond acceptors (Lipinski definition) is 3. The molecule has 0 aromatic heterocycles. The highest BCUT2D eigenvalue weighted by atomic mass is 35.5. The van der Waals surface area contributed by atoms with E-state index in [1.165, 1.54) is 7.11 Å². The van der Waals surface area contributed by atoms with E-state index in [9.17, 15) is 9.90 Å². The molecular weight excluding hydrogens is 242 g/mol. The summed E-state index contributed by atoms with van der Waals surface area (Å²) >= 11 is 6.01. The normalized spacial score (nSPS) is 12.2. The molecule has 0 radical (unpaired) electrons. The van der Waals surface area contributed by atoms with Crippen molar-refractivity contribution in [3.05, 3.63) is 28.3 Å². The average molecular weight is 258 g/mol. The van der Waals surface area contributed by atoms with Crippen LogP contribution >= 0.6 is 11.6 Å². The highest BCUT2D eigenvalue weighted by Gasteiger charge is 2.22. The van der Waals surface area contributed by atoms with Gasteiger partial charge in [-0.05, 0) is 37.2 Å². The van der Waals surface area contributed by atoms with Gasteiger partial charge in [0.2, 0.25) is 0 Å². The number of nitrogens with one attached hydrogen (secondary N) is 1. The third-order valence-electron chi connectivity index (χ3n) is 2.62. The standard InChI is InChI=1S/C12H16ClNO3/c1-7-4-11(17-3)10(13)5-8(7)9(6-14-2)12(15)16/h4-5,9,14H,6H2,1-3H3,(H,15,16). The van der Waals surface area contributed by atoms with Crippen molar-refractivity contribution >= 4 is 17.6 Å². The van der Waals surface area contributed by atoms with Gasteiger partial charge in [0.15, 0.2) is 0 Å². The first kappa shape index (κ1) is 13.8. The Morgan fingerprint density at radius 1 is 1.59 bits per heavy atom. The van der Waals surface area contributed by atoms with E-state index in [2.05, 4.69) is 5.32 Å². The third-order valence-corrected chi connectivity index (χ3v) is 2.92. The Kier molecular flexibility index (Phi) is 4.78. The molecule has 0 amide bonds. The molecule has 1 aromatic carbocycles. The van der Waals surface area contributed by atoms with Crippen LogP contribution in [0.2, 0.25) is 5.02 Å². The highest BCUT2D eigenvalue weighted by Crippen LogP contribution is 2.31. The predicted molar refractivity (Wildman–Crippen MR) is 67.0 cm³/mol. The number of likely N-dealkylation sites (N-methyl/N-ethyl adjacent to an activating group) is 1. The molecule has 0 saturated heterocycles. The minimum atomic E-state index is -0.872. The molecule has 17 heavy (non-hydrogen) atoms. The van der Waals surface area contributed by atoms with Crippen molar-refractivity contribution in [1.82, 2.24) is 5.32 Å². The SMILES string of the molecule is CNCC(C(=O)O)c1cc(Cl)c(OC)cc1C. The molecule has 94 valence electrons. The molecule has 0 bridgehead atoms. The summed E-state index contributed by atoms with van der Waals surface area (Å²) in [5.74, 6) is -0.923. The van der Waals surface area contributed by atoms with E-state index in [1.807, 2.05) is 6.92 Å². The first-order valence-electron chi connectivity index (χ1n) is 5.22. The molecule has 1 unspecified atom stereocenters. The molecule has 0 aliphatic rings. The van der Waals surface area contributed by atoms with E-state index in [0.29, 0.717) is 22.9 Å². The molecular formula is C12H16ClNO3. The zero-order valence-electron chi connectivity index (χ0n) is 10.1. The lowest BCUT2D eigenvalue weighted by Gasteiger charge is -2.16. The summed E-state index contributed by atoms with van der Waals surface area (Å²) in [4.78, 5) is 11.2. The summed E-state index contributed by atoms with van der Waals surface area (Å²) in [5, 5.41) is 12.5. The number of aryl methyl sites for hydroxylation is 1. The summed E-state index contributed by atoms with van der Waals surface area (Å²) in [5.41, 5.74) is 1.56. The molecule has 1 atom stereocenters.